The van der Waals surface area contributed by atoms with Gasteiger partial charge in [0.05, 0.1) is 19.2 Å². The van der Waals surface area contributed by atoms with Gasteiger partial charge in [-0.05, 0) is 23.8 Å². The molecule has 2 aromatic rings. The van der Waals surface area contributed by atoms with Crippen molar-refractivity contribution >= 4 is 17.6 Å². The fraction of sp³-hybridized carbons (Fsp3) is 0.222. The molecule has 0 spiro atoms. The van der Waals surface area contributed by atoms with Gasteiger partial charge in [-0.25, -0.2) is 0 Å². The minimum atomic E-state index is -0.375. The highest BCUT2D eigenvalue weighted by Crippen LogP contribution is 2.23. The van der Waals surface area contributed by atoms with Gasteiger partial charge in [0.1, 0.15) is 12.4 Å². The Morgan fingerprint density at radius 2 is 1.88 bits per heavy atom. The first-order chi connectivity index (χ1) is 11.6. The summed E-state index contributed by atoms with van der Waals surface area (Å²) in [5, 5.41) is 2.63. The van der Waals surface area contributed by atoms with E-state index in [1.165, 1.54) is 7.11 Å². The summed E-state index contributed by atoms with van der Waals surface area (Å²) in [7, 11) is 1.30. The normalized spacial score (nSPS) is 10.0. The lowest BCUT2D eigenvalue weighted by atomic mass is 10.1. The highest BCUT2D eigenvalue weighted by molar-refractivity contribution is 5.95. The first-order valence-electron chi connectivity index (χ1n) is 7.51. The van der Waals surface area contributed by atoms with E-state index in [2.05, 4.69) is 10.1 Å². The van der Waals surface area contributed by atoms with Crippen LogP contribution in [0.4, 0.5) is 5.69 Å². The number of nitrogens with one attached hydrogen (secondary N) is 1. The van der Waals surface area contributed by atoms with E-state index in [1.54, 1.807) is 18.2 Å². The average molecular weight is 328 g/mol. The van der Waals surface area contributed by atoms with E-state index in [-0.39, 0.29) is 24.8 Å². The Morgan fingerprint density at radius 3 is 2.54 bits per heavy atom. The molecular formula is C18H20N2O4. The van der Waals surface area contributed by atoms with Crippen LogP contribution in [0.1, 0.15) is 22.3 Å². The van der Waals surface area contributed by atoms with Crippen molar-refractivity contribution in [1.29, 1.82) is 0 Å². The maximum absolute atomic E-state index is 12.0. The van der Waals surface area contributed by atoms with Crippen LogP contribution in [0.15, 0.2) is 48.5 Å². The van der Waals surface area contributed by atoms with Crippen LogP contribution in [0.2, 0.25) is 0 Å². The molecule has 3 N–H and O–H groups in total. The van der Waals surface area contributed by atoms with Gasteiger partial charge in [0.2, 0.25) is 0 Å². The Labute approximate surface area is 140 Å². The lowest BCUT2D eigenvalue weighted by Crippen LogP contribution is -2.26. The molecule has 0 aliphatic rings. The first kappa shape index (κ1) is 17.3. The van der Waals surface area contributed by atoms with Crippen molar-refractivity contribution in [2.45, 2.75) is 13.0 Å². The highest BCUT2D eigenvalue weighted by atomic mass is 16.5. The number of benzene rings is 2. The molecule has 126 valence electrons. The number of nitrogen functional groups attached to an aromatic ring is 1. The number of nitrogens with two attached hydrogens (primary N) is 1. The van der Waals surface area contributed by atoms with Gasteiger partial charge < -0.3 is 20.5 Å². The molecule has 1 amide bonds. The Bertz CT molecular complexity index is 701. The summed E-state index contributed by atoms with van der Waals surface area (Å²) in [4.78, 5) is 23.0. The monoisotopic (exact) mass is 328 g/mol. The number of methoxy groups -OCH3 is 1. The molecule has 0 atom stereocenters. The van der Waals surface area contributed by atoms with Crippen molar-refractivity contribution < 1.29 is 19.1 Å². The van der Waals surface area contributed by atoms with Crippen molar-refractivity contribution in [3.8, 4) is 5.75 Å². The van der Waals surface area contributed by atoms with Crippen LogP contribution in [-0.2, 0) is 16.1 Å². The minimum absolute atomic E-state index is 0.121. The van der Waals surface area contributed by atoms with Gasteiger partial charge in [0, 0.05) is 12.1 Å². The smallest absolute Gasteiger partial charge is 0.307 e. The summed E-state index contributed by atoms with van der Waals surface area (Å²) in [6, 6.07) is 14.6. The van der Waals surface area contributed by atoms with Gasteiger partial charge >= 0.3 is 5.97 Å². The van der Waals surface area contributed by atoms with E-state index in [0.717, 1.165) is 5.56 Å². The average Bonchev–Trinajstić information content (AvgIpc) is 2.61. The summed E-state index contributed by atoms with van der Waals surface area (Å²) in [5.41, 5.74) is 7.76. The topological polar surface area (TPSA) is 90.6 Å². The van der Waals surface area contributed by atoms with E-state index in [0.29, 0.717) is 23.6 Å². The fourth-order valence-electron chi connectivity index (χ4n) is 2.04. The maximum atomic E-state index is 12.0. The molecule has 0 fully saturated rings. The molecule has 2 aromatic carbocycles. The Morgan fingerprint density at radius 1 is 1.12 bits per heavy atom. The number of rotatable bonds is 7. The predicted molar refractivity (Wildman–Crippen MR) is 90.6 cm³/mol. The van der Waals surface area contributed by atoms with Crippen molar-refractivity contribution in [3.63, 3.8) is 0 Å². The zero-order valence-electron chi connectivity index (χ0n) is 13.5. The van der Waals surface area contributed by atoms with Crippen LogP contribution in [0.5, 0.6) is 5.75 Å². The van der Waals surface area contributed by atoms with Crippen LogP contribution < -0.4 is 15.8 Å². The third-order valence-corrected chi connectivity index (χ3v) is 3.35. The highest BCUT2D eigenvalue weighted by Gasteiger charge is 2.10. The second-order valence-corrected chi connectivity index (χ2v) is 5.11. The molecule has 0 bridgehead atoms. The van der Waals surface area contributed by atoms with Gasteiger partial charge in [-0.3, -0.25) is 9.59 Å². The molecule has 0 heterocycles. The number of carbonyl (C=O) groups is 2. The lowest BCUT2D eigenvalue weighted by molar-refractivity contribution is -0.140. The van der Waals surface area contributed by atoms with Gasteiger partial charge in [-0.1, -0.05) is 30.3 Å². The van der Waals surface area contributed by atoms with Crippen molar-refractivity contribution in [1.82, 2.24) is 5.32 Å². The standard InChI is InChI=1S/C18H20N2O4/c1-23-17(21)9-10-20-18(22)14-7-8-16(15(19)11-14)24-12-13-5-3-2-4-6-13/h2-8,11H,9-10,12,19H2,1H3,(H,20,22). The molecule has 0 saturated carbocycles. The molecule has 0 radical (unpaired) electrons. The Balaban J connectivity index is 1.91. The molecule has 0 saturated heterocycles. The number of esters is 1. The first-order valence-corrected chi connectivity index (χ1v) is 7.51. The second-order valence-electron chi connectivity index (χ2n) is 5.11. The summed E-state index contributed by atoms with van der Waals surface area (Å²) < 4.78 is 10.2. The summed E-state index contributed by atoms with van der Waals surface area (Å²) >= 11 is 0. The van der Waals surface area contributed by atoms with Crippen LogP contribution in [0.25, 0.3) is 0 Å². The molecular weight excluding hydrogens is 308 g/mol. The number of hydrogen-bond acceptors (Lipinski definition) is 5. The van der Waals surface area contributed by atoms with E-state index in [9.17, 15) is 9.59 Å². The third kappa shape index (κ3) is 5.01. The predicted octanol–water partition coefficient (Wildman–Crippen LogP) is 2.14. The third-order valence-electron chi connectivity index (χ3n) is 3.35. The van der Waals surface area contributed by atoms with Gasteiger partial charge in [-0.15, -0.1) is 0 Å². The number of anilines is 1. The van der Waals surface area contributed by atoms with Gasteiger partial charge in [-0.2, -0.15) is 0 Å². The van der Waals surface area contributed by atoms with E-state index < -0.39 is 0 Å². The van der Waals surface area contributed by atoms with Crippen LogP contribution >= 0.6 is 0 Å². The number of ether oxygens (including phenoxy) is 2. The van der Waals surface area contributed by atoms with E-state index in [1.807, 2.05) is 30.3 Å². The Kier molecular flexibility index (Phi) is 6.19. The molecule has 0 unspecified atom stereocenters. The zero-order valence-corrected chi connectivity index (χ0v) is 13.5. The second kappa shape index (κ2) is 8.57. The molecule has 0 aliphatic heterocycles. The van der Waals surface area contributed by atoms with Crippen molar-refractivity contribution in [3.05, 3.63) is 59.7 Å². The van der Waals surface area contributed by atoms with Gasteiger partial charge in [0.25, 0.3) is 5.91 Å². The van der Waals surface area contributed by atoms with Crippen LogP contribution in [0, 0.1) is 0 Å². The van der Waals surface area contributed by atoms with Gasteiger partial charge in [0.15, 0.2) is 0 Å². The van der Waals surface area contributed by atoms with E-state index >= 15 is 0 Å². The molecule has 0 aliphatic carbocycles. The van der Waals surface area contributed by atoms with E-state index in [4.69, 9.17) is 10.5 Å². The zero-order chi connectivity index (χ0) is 17.4. The Hall–Kier alpha value is -3.02. The van der Waals surface area contributed by atoms with Crippen LogP contribution in [-0.4, -0.2) is 25.5 Å². The lowest BCUT2D eigenvalue weighted by Gasteiger charge is -2.11. The number of amides is 1. The molecule has 6 heteroatoms. The van der Waals surface area contributed by atoms with Crippen molar-refractivity contribution in [2.24, 2.45) is 0 Å². The van der Waals surface area contributed by atoms with Crippen molar-refractivity contribution in [2.75, 3.05) is 19.4 Å². The number of carbonyl (C=O) groups excluding carboxylic acids is 2. The molecule has 2 rings (SSSR count). The largest absolute Gasteiger partial charge is 0.487 e. The maximum Gasteiger partial charge on any atom is 0.307 e. The summed E-state index contributed by atoms with van der Waals surface area (Å²) in [5.74, 6) is -0.162. The molecule has 24 heavy (non-hydrogen) atoms. The fourth-order valence-corrected chi connectivity index (χ4v) is 2.04. The molecule has 0 aromatic heterocycles. The quantitative estimate of drug-likeness (QED) is 0.600. The summed E-state index contributed by atoms with van der Waals surface area (Å²) in [6.45, 7) is 0.605. The SMILES string of the molecule is COC(=O)CCNC(=O)c1ccc(OCc2ccccc2)c(N)c1. The minimum Gasteiger partial charge on any atom is -0.487 e. The molecule has 6 nitrogen and oxygen atoms in total. The van der Waals surface area contributed by atoms with Crippen LogP contribution in [0.3, 0.4) is 0 Å². The number of hydrogen-bond donors (Lipinski definition) is 2. The summed E-state index contributed by atoms with van der Waals surface area (Å²) in [6.07, 6.45) is 0.121.